The predicted octanol–water partition coefficient (Wildman–Crippen LogP) is 7.04. The molecule has 0 spiro atoms. The summed E-state index contributed by atoms with van der Waals surface area (Å²) >= 11 is 0. The number of carbonyl (C=O) groups is 1. The molecular weight excluding hydrogens is 486 g/mol. The Labute approximate surface area is 199 Å². The van der Waals surface area contributed by atoms with E-state index < -0.39 is 35.9 Å². The van der Waals surface area contributed by atoms with Gasteiger partial charge >= 0.3 is 12.4 Å². The quantitative estimate of drug-likeness (QED) is 0.269. The highest BCUT2D eigenvalue weighted by Crippen LogP contribution is 2.39. The average molecular weight is 501 g/mol. The van der Waals surface area contributed by atoms with Gasteiger partial charge in [-0.3, -0.25) is 4.79 Å². The first kappa shape index (κ1) is 23.5. The topological polar surface area (TPSA) is 61.2 Å². The number of amides is 1. The van der Waals surface area contributed by atoms with Gasteiger partial charge in [-0.15, -0.1) is 0 Å². The van der Waals surface area contributed by atoms with E-state index in [1.54, 1.807) is 30.3 Å². The number of nitrogens with zero attached hydrogens (tertiary/aromatic N) is 1. The van der Waals surface area contributed by atoms with Crippen LogP contribution in [0.4, 0.5) is 26.3 Å². The van der Waals surface area contributed by atoms with Crippen LogP contribution >= 0.6 is 0 Å². The zero-order valence-corrected chi connectivity index (χ0v) is 18.2. The van der Waals surface area contributed by atoms with Crippen molar-refractivity contribution in [1.29, 1.82) is 0 Å². The van der Waals surface area contributed by atoms with Gasteiger partial charge in [0.2, 0.25) is 5.91 Å². The van der Waals surface area contributed by atoms with E-state index in [4.69, 9.17) is 10.2 Å². The van der Waals surface area contributed by atoms with E-state index in [9.17, 15) is 31.1 Å². The molecule has 0 bridgehead atoms. The molecule has 3 aromatic carbocycles. The molecule has 0 fully saturated rings. The maximum Gasteiger partial charge on any atom is 0.416 e. The average Bonchev–Trinajstić information content (AvgIpc) is 3.45. The van der Waals surface area contributed by atoms with Crippen molar-refractivity contribution in [2.45, 2.75) is 18.9 Å². The minimum atomic E-state index is -5.03. The lowest BCUT2D eigenvalue weighted by atomic mass is 10.0. The third-order valence-corrected chi connectivity index (χ3v) is 5.94. The van der Waals surface area contributed by atoms with Crippen molar-refractivity contribution in [3.05, 3.63) is 95.2 Å². The van der Waals surface area contributed by atoms with Crippen LogP contribution in [0.5, 0.6) is 0 Å². The molecule has 5 aromatic rings. The molecule has 0 atom stereocenters. The molecule has 4 nitrogen and oxygen atoms in total. The van der Waals surface area contributed by atoms with Crippen LogP contribution in [0.2, 0.25) is 0 Å². The Balaban J connectivity index is 1.79. The van der Waals surface area contributed by atoms with Crippen LogP contribution < -0.4 is 5.73 Å². The van der Waals surface area contributed by atoms with Crippen molar-refractivity contribution in [2.24, 2.45) is 5.73 Å². The zero-order valence-electron chi connectivity index (χ0n) is 18.2. The molecule has 2 N–H and O–H groups in total. The molecule has 0 aliphatic carbocycles. The molecule has 1 amide bonds. The largest absolute Gasteiger partial charge is 0.464 e. The van der Waals surface area contributed by atoms with E-state index in [0.29, 0.717) is 39.2 Å². The van der Waals surface area contributed by atoms with Crippen molar-refractivity contribution in [3.8, 4) is 11.3 Å². The predicted molar refractivity (Wildman–Crippen MR) is 120 cm³/mol. The van der Waals surface area contributed by atoms with Crippen LogP contribution in [0.1, 0.15) is 27.0 Å². The van der Waals surface area contributed by atoms with Crippen LogP contribution in [0.15, 0.2) is 71.3 Å². The second-order valence-electron chi connectivity index (χ2n) is 8.14. The van der Waals surface area contributed by atoms with Crippen molar-refractivity contribution in [3.63, 3.8) is 0 Å². The van der Waals surface area contributed by atoms with Crippen molar-refractivity contribution < 1.29 is 35.6 Å². The number of carbonyl (C=O) groups excluding carboxylic acids is 1. The third kappa shape index (κ3) is 3.98. The van der Waals surface area contributed by atoms with E-state index in [-0.39, 0.29) is 17.2 Å². The number of rotatable bonds is 4. The minimum absolute atomic E-state index is 0.110. The molecule has 0 unspecified atom stereocenters. The Morgan fingerprint density at radius 3 is 2.36 bits per heavy atom. The highest BCUT2D eigenvalue weighted by molar-refractivity contribution is 6.18. The molecule has 0 saturated carbocycles. The Hall–Kier alpha value is -4.21. The first-order valence-electron chi connectivity index (χ1n) is 10.5. The SMILES string of the molecule is NC(=O)c1cccc2c1c1[c]cc(-c3ccco3)cc1n2Cc1ccc(C(F)(F)F)cc1C(F)(F)F. The van der Waals surface area contributed by atoms with Crippen LogP contribution in [-0.4, -0.2) is 10.5 Å². The summed E-state index contributed by atoms with van der Waals surface area (Å²) in [5.74, 6) is -0.265. The number of alkyl halides is 6. The summed E-state index contributed by atoms with van der Waals surface area (Å²) in [6.07, 6.45) is -8.51. The van der Waals surface area contributed by atoms with Crippen molar-refractivity contribution in [1.82, 2.24) is 4.57 Å². The van der Waals surface area contributed by atoms with Crippen LogP contribution in [0.3, 0.4) is 0 Å². The van der Waals surface area contributed by atoms with Crippen LogP contribution in [0.25, 0.3) is 33.1 Å². The number of hydrogen-bond donors (Lipinski definition) is 1. The number of primary amides is 1. The Morgan fingerprint density at radius 2 is 1.72 bits per heavy atom. The van der Waals surface area contributed by atoms with Gasteiger partial charge in [0, 0.05) is 28.4 Å². The van der Waals surface area contributed by atoms with Crippen molar-refractivity contribution >= 4 is 27.7 Å². The number of furan rings is 1. The molecule has 1 radical (unpaired) electrons. The number of hydrogen-bond acceptors (Lipinski definition) is 2. The first-order chi connectivity index (χ1) is 16.9. The second kappa shape index (κ2) is 8.18. The van der Waals surface area contributed by atoms with Gasteiger partial charge in [-0.2, -0.15) is 26.3 Å². The summed E-state index contributed by atoms with van der Waals surface area (Å²) in [4.78, 5) is 12.1. The number of nitrogens with two attached hydrogens (primary N) is 1. The second-order valence-corrected chi connectivity index (χ2v) is 8.14. The van der Waals surface area contributed by atoms with E-state index >= 15 is 0 Å². The maximum atomic E-state index is 13.8. The van der Waals surface area contributed by atoms with Gasteiger partial charge in [0.05, 0.1) is 28.4 Å². The molecule has 0 aliphatic rings. The molecule has 2 aromatic heterocycles. The third-order valence-electron chi connectivity index (χ3n) is 5.94. The molecule has 5 rings (SSSR count). The number of halogens is 6. The van der Waals surface area contributed by atoms with Gasteiger partial charge in [0.25, 0.3) is 0 Å². The molecule has 183 valence electrons. The Kier molecular flexibility index (Phi) is 5.35. The summed E-state index contributed by atoms with van der Waals surface area (Å²) in [6.45, 7) is -0.426. The van der Waals surface area contributed by atoms with Gasteiger partial charge in [-0.25, -0.2) is 0 Å². The summed E-state index contributed by atoms with van der Waals surface area (Å²) in [5, 5.41) is 0.807. The lowest BCUT2D eigenvalue weighted by molar-refractivity contribution is -0.143. The lowest BCUT2D eigenvalue weighted by Gasteiger charge is -2.17. The summed E-state index contributed by atoms with van der Waals surface area (Å²) < 4.78 is 87.9. The maximum absolute atomic E-state index is 13.8. The standard InChI is InChI=1S/C26H15F6N2O2/c27-25(28,29)16-8-6-15(19(12-16)26(30,31)32)13-34-20-4-1-3-18(24(33)35)23(20)17-9-7-14(11-21(17)34)22-5-2-10-36-22/h1-8,10-12H,13H2,(H2,33,35). The molecule has 2 heterocycles. The number of fused-ring (bicyclic) bond motifs is 3. The molecule has 0 aliphatic heterocycles. The van der Waals surface area contributed by atoms with Crippen molar-refractivity contribution in [2.75, 3.05) is 0 Å². The normalized spacial score (nSPS) is 12.5. The van der Waals surface area contributed by atoms with Gasteiger partial charge in [-0.1, -0.05) is 12.1 Å². The molecular formula is C26H15F6N2O2. The van der Waals surface area contributed by atoms with E-state index in [0.717, 1.165) is 6.07 Å². The zero-order chi connectivity index (χ0) is 25.8. The highest BCUT2D eigenvalue weighted by Gasteiger charge is 2.38. The summed E-state index contributed by atoms with van der Waals surface area (Å²) in [7, 11) is 0. The van der Waals surface area contributed by atoms with Gasteiger partial charge in [0.15, 0.2) is 0 Å². The molecule has 36 heavy (non-hydrogen) atoms. The van der Waals surface area contributed by atoms with E-state index in [1.165, 1.54) is 23.0 Å². The lowest BCUT2D eigenvalue weighted by Crippen LogP contribution is -2.15. The Bertz CT molecular complexity index is 1610. The fourth-order valence-corrected chi connectivity index (χ4v) is 4.34. The van der Waals surface area contributed by atoms with E-state index in [1.807, 2.05) is 0 Å². The van der Waals surface area contributed by atoms with Crippen LogP contribution in [0, 0.1) is 6.07 Å². The number of benzene rings is 3. The monoisotopic (exact) mass is 501 g/mol. The van der Waals surface area contributed by atoms with E-state index in [2.05, 4.69) is 6.07 Å². The van der Waals surface area contributed by atoms with Gasteiger partial charge in [-0.05, 0) is 60.2 Å². The highest BCUT2D eigenvalue weighted by atomic mass is 19.4. The smallest absolute Gasteiger partial charge is 0.416 e. The summed E-state index contributed by atoms with van der Waals surface area (Å²) in [5.41, 5.74) is 3.87. The minimum Gasteiger partial charge on any atom is -0.464 e. The van der Waals surface area contributed by atoms with Gasteiger partial charge in [0.1, 0.15) is 5.76 Å². The van der Waals surface area contributed by atoms with Crippen LogP contribution in [-0.2, 0) is 18.9 Å². The first-order valence-corrected chi connectivity index (χ1v) is 10.5. The molecule has 0 saturated heterocycles. The number of aromatic nitrogens is 1. The fourth-order valence-electron chi connectivity index (χ4n) is 4.34. The molecule has 10 heteroatoms. The van der Waals surface area contributed by atoms with Gasteiger partial charge < -0.3 is 14.7 Å². The summed E-state index contributed by atoms with van der Waals surface area (Å²) in [6, 6.07) is 15.9. The Morgan fingerprint density at radius 1 is 0.944 bits per heavy atom. The fraction of sp³-hybridized carbons (Fsp3) is 0.115.